The highest BCUT2D eigenvalue weighted by molar-refractivity contribution is 9.10. The molecule has 8 nitrogen and oxygen atoms in total. The standard InChI is InChI=1S/C29H36BrN7O/c1-20(2)36-11-9-22(10-12-36)32-26-25(30)18-31-29-27(26)33-28(34-29)21-5-7-23(8-6-21)37-15-13-35(14-16-37)19-24-4-3-17-38-24/h3-8,17-18,20,22H,9-16,19H2,1-2H3,(H2,31,32,33,34). The van der Waals surface area contributed by atoms with Gasteiger partial charge in [-0.3, -0.25) is 4.90 Å². The molecule has 2 saturated heterocycles. The molecule has 0 saturated carbocycles. The van der Waals surface area contributed by atoms with Crippen LogP contribution in [0, 0.1) is 0 Å². The first-order valence-corrected chi connectivity index (χ1v) is 14.5. The average molecular weight is 579 g/mol. The third-order valence-corrected chi connectivity index (χ3v) is 8.52. The molecular weight excluding hydrogens is 542 g/mol. The van der Waals surface area contributed by atoms with Crippen molar-refractivity contribution in [3.05, 3.63) is 59.1 Å². The van der Waals surface area contributed by atoms with E-state index in [9.17, 15) is 0 Å². The number of aromatic nitrogens is 3. The molecule has 2 aliphatic heterocycles. The molecular formula is C29H36BrN7O. The van der Waals surface area contributed by atoms with Crippen molar-refractivity contribution in [1.29, 1.82) is 0 Å². The highest BCUT2D eigenvalue weighted by Crippen LogP contribution is 2.33. The molecule has 0 spiro atoms. The lowest BCUT2D eigenvalue weighted by Crippen LogP contribution is -2.45. The maximum atomic E-state index is 5.51. The van der Waals surface area contributed by atoms with Gasteiger partial charge in [0.05, 0.1) is 23.0 Å². The smallest absolute Gasteiger partial charge is 0.180 e. The van der Waals surface area contributed by atoms with Crippen LogP contribution in [0.3, 0.4) is 0 Å². The maximum absolute atomic E-state index is 5.51. The van der Waals surface area contributed by atoms with E-state index in [4.69, 9.17) is 9.40 Å². The Hall–Kier alpha value is -2.88. The van der Waals surface area contributed by atoms with Gasteiger partial charge in [-0.15, -0.1) is 0 Å². The second kappa shape index (κ2) is 11.1. The number of furan rings is 1. The summed E-state index contributed by atoms with van der Waals surface area (Å²) in [6.45, 7) is 11.8. The SMILES string of the molecule is CC(C)N1CCC(Nc2c(Br)cnc3nc(-c4ccc(N5CCN(Cc6ccco6)CC5)cc4)[nH]c23)CC1. The number of hydrogen-bond donors (Lipinski definition) is 2. The number of aromatic amines is 1. The van der Waals surface area contributed by atoms with Crippen LogP contribution in [0.2, 0.25) is 0 Å². The number of rotatable bonds is 7. The van der Waals surface area contributed by atoms with Gasteiger partial charge in [-0.05, 0) is 79.0 Å². The van der Waals surface area contributed by atoms with Crippen LogP contribution in [0.1, 0.15) is 32.4 Å². The third-order valence-electron chi connectivity index (χ3n) is 7.92. The van der Waals surface area contributed by atoms with E-state index in [-0.39, 0.29) is 0 Å². The molecule has 200 valence electrons. The second-order valence-corrected chi connectivity index (χ2v) is 11.6. The van der Waals surface area contributed by atoms with Crippen LogP contribution in [0.15, 0.2) is 57.7 Å². The van der Waals surface area contributed by atoms with Crippen molar-refractivity contribution < 1.29 is 4.42 Å². The number of benzene rings is 1. The zero-order valence-electron chi connectivity index (χ0n) is 22.2. The lowest BCUT2D eigenvalue weighted by molar-refractivity contribution is 0.177. The molecule has 5 heterocycles. The molecule has 38 heavy (non-hydrogen) atoms. The maximum Gasteiger partial charge on any atom is 0.180 e. The Bertz CT molecular complexity index is 1340. The van der Waals surface area contributed by atoms with Gasteiger partial charge in [0.15, 0.2) is 5.65 Å². The molecule has 0 unspecified atom stereocenters. The van der Waals surface area contributed by atoms with Crippen molar-refractivity contribution in [3.8, 4) is 11.4 Å². The fraction of sp³-hybridized carbons (Fsp3) is 0.448. The number of nitrogens with zero attached hydrogens (tertiary/aromatic N) is 5. The summed E-state index contributed by atoms with van der Waals surface area (Å²) >= 11 is 3.72. The summed E-state index contributed by atoms with van der Waals surface area (Å²) in [6, 6.07) is 13.8. The minimum absolute atomic E-state index is 0.442. The van der Waals surface area contributed by atoms with Gasteiger partial charge >= 0.3 is 0 Å². The summed E-state index contributed by atoms with van der Waals surface area (Å²) in [5.74, 6) is 1.88. The predicted octanol–water partition coefficient (Wildman–Crippen LogP) is 5.59. The van der Waals surface area contributed by atoms with Gasteiger partial charge in [-0.1, -0.05) is 0 Å². The average Bonchev–Trinajstić information content (AvgIpc) is 3.61. The molecule has 0 bridgehead atoms. The lowest BCUT2D eigenvalue weighted by atomic mass is 10.0. The van der Waals surface area contributed by atoms with Crippen molar-refractivity contribution in [1.82, 2.24) is 24.8 Å². The van der Waals surface area contributed by atoms with Gasteiger partial charge in [0.1, 0.15) is 17.1 Å². The third kappa shape index (κ3) is 5.46. The Balaban J connectivity index is 1.13. The molecule has 3 aromatic heterocycles. The van der Waals surface area contributed by atoms with E-state index in [0.29, 0.717) is 12.1 Å². The number of H-pyrrole nitrogens is 1. The Labute approximate surface area is 232 Å². The molecule has 0 radical (unpaired) electrons. The molecule has 2 N–H and O–H groups in total. The minimum atomic E-state index is 0.442. The highest BCUT2D eigenvalue weighted by atomic mass is 79.9. The highest BCUT2D eigenvalue weighted by Gasteiger charge is 2.23. The number of halogens is 1. The number of fused-ring (bicyclic) bond motifs is 1. The van der Waals surface area contributed by atoms with Crippen LogP contribution >= 0.6 is 15.9 Å². The van der Waals surface area contributed by atoms with Gasteiger partial charge in [0, 0.05) is 68.8 Å². The van der Waals surface area contributed by atoms with E-state index in [1.807, 2.05) is 18.3 Å². The van der Waals surface area contributed by atoms with E-state index in [0.717, 1.165) is 97.1 Å². The zero-order valence-corrected chi connectivity index (χ0v) is 23.7. The summed E-state index contributed by atoms with van der Waals surface area (Å²) in [7, 11) is 0. The fourth-order valence-electron chi connectivity index (χ4n) is 5.59. The second-order valence-electron chi connectivity index (χ2n) is 10.7. The van der Waals surface area contributed by atoms with Gasteiger partial charge in [-0.2, -0.15) is 0 Å². The summed E-state index contributed by atoms with van der Waals surface area (Å²) in [6.07, 6.45) is 5.87. The van der Waals surface area contributed by atoms with Crippen LogP contribution in [-0.4, -0.2) is 76.1 Å². The van der Waals surface area contributed by atoms with Crippen LogP contribution in [0.4, 0.5) is 11.4 Å². The largest absolute Gasteiger partial charge is 0.468 e. The first-order chi connectivity index (χ1) is 18.5. The first-order valence-electron chi connectivity index (χ1n) is 13.7. The normalized spacial score (nSPS) is 18.1. The number of hydrogen-bond acceptors (Lipinski definition) is 7. The van der Waals surface area contributed by atoms with Crippen molar-refractivity contribution in [2.75, 3.05) is 49.5 Å². The quantitative estimate of drug-likeness (QED) is 0.296. The Morgan fingerprint density at radius 1 is 1.05 bits per heavy atom. The number of piperazine rings is 1. The van der Waals surface area contributed by atoms with E-state index in [1.54, 1.807) is 6.26 Å². The summed E-state index contributed by atoms with van der Waals surface area (Å²) in [5.41, 5.74) is 5.06. The predicted molar refractivity (Wildman–Crippen MR) is 157 cm³/mol. The van der Waals surface area contributed by atoms with E-state index in [2.05, 4.69) is 84.0 Å². The number of likely N-dealkylation sites (tertiary alicyclic amines) is 1. The van der Waals surface area contributed by atoms with Crippen molar-refractivity contribution >= 4 is 38.5 Å². The van der Waals surface area contributed by atoms with Crippen LogP contribution in [-0.2, 0) is 6.54 Å². The van der Waals surface area contributed by atoms with Crippen molar-refractivity contribution in [2.45, 2.75) is 45.3 Å². The topological polar surface area (TPSA) is 76.5 Å². The Morgan fingerprint density at radius 3 is 2.50 bits per heavy atom. The molecule has 6 rings (SSSR count). The van der Waals surface area contributed by atoms with Crippen molar-refractivity contribution in [3.63, 3.8) is 0 Å². The number of pyridine rings is 1. The summed E-state index contributed by atoms with van der Waals surface area (Å²) in [4.78, 5) is 20.4. The number of anilines is 2. The molecule has 1 aromatic carbocycles. The first kappa shape index (κ1) is 25.4. The zero-order chi connectivity index (χ0) is 26.1. The molecule has 2 fully saturated rings. The number of imidazole rings is 1. The number of piperidine rings is 1. The van der Waals surface area contributed by atoms with Gasteiger partial charge < -0.3 is 24.5 Å². The monoisotopic (exact) mass is 577 g/mol. The molecule has 2 aliphatic rings. The van der Waals surface area contributed by atoms with E-state index in [1.165, 1.54) is 5.69 Å². The van der Waals surface area contributed by atoms with Crippen LogP contribution < -0.4 is 10.2 Å². The van der Waals surface area contributed by atoms with Crippen LogP contribution in [0.5, 0.6) is 0 Å². The molecule has 4 aromatic rings. The van der Waals surface area contributed by atoms with E-state index >= 15 is 0 Å². The van der Waals surface area contributed by atoms with Crippen LogP contribution in [0.25, 0.3) is 22.6 Å². The Kier molecular flexibility index (Phi) is 7.41. The molecule has 9 heteroatoms. The summed E-state index contributed by atoms with van der Waals surface area (Å²) < 4.78 is 6.48. The minimum Gasteiger partial charge on any atom is -0.468 e. The molecule has 0 atom stereocenters. The fourth-order valence-corrected chi connectivity index (χ4v) is 6.01. The molecule has 0 aliphatic carbocycles. The van der Waals surface area contributed by atoms with Gasteiger partial charge in [0.2, 0.25) is 0 Å². The van der Waals surface area contributed by atoms with Gasteiger partial charge in [0.25, 0.3) is 0 Å². The van der Waals surface area contributed by atoms with Gasteiger partial charge in [-0.25, -0.2) is 9.97 Å². The molecule has 0 amide bonds. The lowest BCUT2D eigenvalue weighted by Gasteiger charge is -2.35. The summed E-state index contributed by atoms with van der Waals surface area (Å²) in [5, 5.41) is 3.78. The van der Waals surface area contributed by atoms with Crippen molar-refractivity contribution in [2.24, 2.45) is 0 Å². The van der Waals surface area contributed by atoms with E-state index < -0.39 is 0 Å². The Morgan fingerprint density at radius 2 is 1.82 bits per heavy atom. The number of nitrogens with one attached hydrogen (secondary N) is 2.